The van der Waals surface area contributed by atoms with Crippen molar-refractivity contribution in [1.29, 1.82) is 0 Å². The summed E-state index contributed by atoms with van der Waals surface area (Å²) in [5.74, 6) is 0.111. The molecule has 1 unspecified atom stereocenters. The van der Waals surface area contributed by atoms with Gasteiger partial charge in [-0.25, -0.2) is 5.14 Å². The number of hydrogen-bond donors (Lipinski definition) is 2. The van der Waals surface area contributed by atoms with Crippen LogP contribution in [0.2, 0.25) is 0 Å². The Morgan fingerprint density at radius 2 is 1.73 bits per heavy atom. The number of rotatable bonds is 10. The lowest BCUT2D eigenvalue weighted by Gasteiger charge is -2.37. The Morgan fingerprint density at radius 1 is 1.06 bits per heavy atom. The van der Waals surface area contributed by atoms with Crippen LogP contribution in [0.1, 0.15) is 69.4 Å². The molecule has 4 nitrogen and oxygen atoms in total. The fraction of sp³-hybridized carbons (Fsp3) is 0.429. The van der Waals surface area contributed by atoms with Crippen LogP contribution in [0.3, 0.4) is 0 Å². The van der Waals surface area contributed by atoms with E-state index in [1.165, 1.54) is 36.0 Å². The summed E-state index contributed by atoms with van der Waals surface area (Å²) in [6.07, 6.45) is 8.39. The Balaban J connectivity index is 1.83. The van der Waals surface area contributed by atoms with E-state index in [1.807, 2.05) is 18.2 Å². The van der Waals surface area contributed by atoms with E-state index in [0.29, 0.717) is 0 Å². The molecule has 0 amide bonds. The van der Waals surface area contributed by atoms with Crippen LogP contribution in [0, 0.1) is 11.3 Å². The molecule has 0 spiro atoms. The number of nitrogens with one attached hydrogen (secondary N) is 1. The van der Waals surface area contributed by atoms with Gasteiger partial charge in [0.05, 0.1) is 0 Å². The molecule has 2 aromatic rings. The SMILES string of the molecule is C=C(c1ccccc1)[C@@]12CC[C@H](NS(N)(=O)=O)C1CC(CCCCCC)=C2c1ccccc1. The van der Waals surface area contributed by atoms with E-state index in [-0.39, 0.29) is 17.4 Å². The quantitative estimate of drug-likeness (QED) is 0.418. The molecule has 2 aliphatic carbocycles. The molecular formula is C28H36N2O2S. The van der Waals surface area contributed by atoms with Crippen molar-refractivity contribution in [2.24, 2.45) is 16.5 Å². The summed E-state index contributed by atoms with van der Waals surface area (Å²) in [6, 6.07) is 20.8. The molecule has 176 valence electrons. The van der Waals surface area contributed by atoms with Crippen molar-refractivity contribution in [3.05, 3.63) is 83.9 Å². The summed E-state index contributed by atoms with van der Waals surface area (Å²) >= 11 is 0. The maximum Gasteiger partial charge on any atom is 0.274 e. The van der Waals surface area contributed by atoms with Gasteiger partial charge in [0.15, 0.2) is 0 Å². The monoisotopic (exact) mass is 464 g/mol. The summed E-state index contributed by atoms with van der Waals surface area (Å²) in [5.41, 5.74) is 5.98. The first-order valence-electron chi connectivity index (χ1n) is 12.2. The highest BCUT2D eigenvalue weighted by Crippen LogP contribution is 2.66. The zero-order chi connectivity index (χ0) is 23.5. The van der Waals surface area contributed by atoms with Crippen LogP contribution in [-0.2, 0) is 10.2 Å². The Hall–Kier alpha value is -2.21. The van der Waals surface area contributed by atoms with Crippen LogP contribution in [0.4, 0.5) is 0 Å². The molecule has 2 aliphatic rings. The van der Waals surface area contributed by atoms with Gasteiger partial charge in [-0.15, -0.1) is 0 Å². The van der Waals surface area contributed by atoms with Crippen molar-refractivity contribution in [2.45, 2.75) is 64.3 Å². The molecule has 0 heterocycles. The van der Waals surface area contributed by atoms with E-state index in [0.717, 1.165) is 43.2 Å². The fourth-order valence-electron chi connectivity index (χ4n) is 6.26. The number of benzene rings is 2. The lowest BCUT2D eigenvalue weighted by Crippen LogP contribution is -2.43. The van der Waals surface area contributed by atoms with Crippen LogP contribution < -0.4 is 9.86 Å². The minimum atomic E-state index is -3.79. The molecule has 1 fully saturated rings. The molecule has 0 radical (unpaired) electrons. The first-order chi connectivity index (χ1) is 15.9. The number of allylic oxidation sites excluding steroid dienone is 3. The van der Waals surface area contributed by atoms with Crippen LogP contribution in [0.25, 0.3) is 11.1 Å². The Labute approximate surface area is 199 Å². The van der Waals surface area contributed by atoms with E-state index in [2.05, 4.69) is 60.7 Å². The number of unbranched alkanes of at least 4 members (excludes halogenated alkanes) is 3. The maximum atomic E-state index is 12.0. The standard InChI is InChI=1S/C28H36N2O2S/c1-3-4-5-8-17-24-20-25-26(30-33(29,31)32)18-19-28(25,21(2)22-13-9-6-10-14-22)27(24)23-15-11-7-12-16-23/h6-7,9-16,25-26,30H,2-5,8,17-20H2,1H3,(H2,29,31,32)/t25?,26-,28-/m0/s1. The lowest BCUT2D eigenvalue weighted by molar-refractivity contribution is 0.361. The first kappa shape index (κ1) is 23.9. The van der Waals surface area contributed by atoms with Gasteiger partial charge < -0.3 is 0 Å². The minimum absolute atomic E-state index is 0.111. The third kappa shape index (κ3) is 4.86. The molecule has 3 atom stereocenters. The second-order valence-electron chi connectivity index (χ2n) is 9.59. The summed E-state index contributed by atoms with van der Waals surface area (Å²) in [7, 11) is -3.79. The third-order valence-electron chi connectivity index (χ3n) is 7.61. The number of fused-ring (bicyclic) bond motifs is 1. The average molecular weight is 465 g/mol. The van der Waals surface area contributed by atoms with Crippen molar-refractivity contribution in [3.63, 3.8) is 0 Å². The molecule has 0 saturated heterocycles. The second-order valence-corrected chi connectivity index (χ2v) is 10.9. The normalized spacial score (nSPS) is 24.8. The summed E-state index contributed by atoms with van der Waals surface area (Å²) in [6.45, 7) is 6.88. The van der Waals surface area contributed by atoms with Crippen molar-refractivity contribution < 1.29 is 8.42 Å². The maximum absolute atomic E-state index is 12.0. The molecule has 0 bridgehead atoms. The molecule has 0 aromatic heterocycles. The summed E-state index contributed by atoms with van der Waals surface area (Å²) < 4.78 is 26.8. The van der Waals surface area contributed by atoms with E-state index in [4.69, 9.17) is 5.14 Å². The zero-order valence-electron chi connectivity index (χ0n) is 19.6. The highest BCUT2D eigenvalue weighted by molar-refractivity contribution is 7.87. The Kier molecular flexibility index (Phi) is 7.22. The predicted molar refractivity (Wildman–Crippen MR) is 137 cm³/mol. The fourth-order valence-corrected chi connectivity index (χ4v) is 6.96. The molecule has 0 aliphatic heterocycles. The predicted octanol–water partition coefficient (Wildman–Crippen LogP) is 6.09. The highest BCUT2D eigenvalue weighted by Gasteiger charge is 2.57. The summed E-state index contributed by atoms with van der Waals surface area (Å²) in [5, 5.41) is 5.45. The Morgan fingerprint density at radius 3 is 2.36 bits per heavy atom. The molecule has 3 N–H and O–H groups in total. The van der Waals surface area contributed by atoms with Gasteiger partial charge in [-0.2, -0.15) is 13.1 Å². The van der Waals surface area contributed by atoms with Gasteiger partial charge in [0, 0.05) is 11.5 Å². The first-order valence-corrected chi connectivity index (χ1v) is 13.7. The van der Waals surface area contributed by atoms with E-state index in [1.54, 1.807) is 0 Å². The van der Waals surface area contributed by atoms with E-state index >= 15 is 0 Å². The largest absolute Gasteiger partial charge is 0.274 e. The number of nitrogens with two attached hydrogens (primary N) is 1. The van der Waals surface area contributed by atoms with Gasteiger partial charge in [-0.05, 0) is 60.3 Å². The van der Waals surface area contributed by atoms with Crippen molar-refractivity contribution in [3.8, 4) is 0 Å². The zero-order valence-corrected chi connectivity index (χ0v) is 20.4. The van der Waals surface area contributed by atoms with Gasteiger partial charge in [0.1, 0.15) is 0 Å². The van der Waals surface area contributed by atoms with E-state index < -0.39 is 10.2 Å². The van der Waals surface area contributed by atoms with Gasteiger partial charge in [-0.3, -0.25) is 0 Å². The van der Waals surface area contributed by atoms with Crippen molar-refractivity contribution >= 4 is 21.4 Å². The molecule has 2 aromatic carbocycles. The lowest BCUT2D eigenvalue weighted by atomic mass is 9.66. The number of hydrogen-bond acceptors (Lipinski definition) is 2. The van der Waals surface area contributed by atoms with Crippen LogP contribution in [0.15, 0.2) is 72.8 Å². The van der Waals surface area contributed by atoms with Gasteiger partial charge in [0.2, 0.25) is 0 Å². The highest BCUT2D eigenvalue weighted by atomic mass is 32.2. The smallest absolute Gasteiger partial charge is 0.216 e. The average Bonchev–Trinajstić information content (AvgIpc) is 3.31. The molecular weight excluding hydrogens is 428 g/mol. The molecule has 4 rings (SSSR count). The minimum Gasteiger partial charge on any atom is -0.216 e. The molecule has 1 saturated carbocycles. The van der Waals surface area contributed by atoms with Gasteiger partial charge >= 0.3 is 0 Å². The van der Waals surface area contributed by atoms with Crippen LogP contribution >= 0.6 is 0 Å². The summed E-state index contributed by atoms with van der Waals surface area (Å²) in [4.78, 5) is 0. The third-order valence-corrected chi connectivity index (χ3v) is 8.24. The van der Waals surface area contributed by atoms with Crippen molar-refractivity contribution in [1.82, 2.24) is 4.72 Å². The Bertz CT molecular complexity index is 1110. The van der Waals surface area contributed by atoms with E-state index in [9.17, 15) is 8.42 Å². The second kappa shape index (κ2) is 9.96. The van der Waals surface area contributed by atoms with Crippen molar-refractivity contribution in [2.75, 3.05) is 0 Å². The van der Waals surface area contributed by atoms with Gasteiger partial charge in [-0.1, -0.05) is 99.0 Å². The molecule has 5 heteroatoms. The van der Waals surface area contributed by atoms with Crippen LogP contribution in [-0.4, -0.2) is 14.5 Å². The van der Waals surface area contributed by atoms with Gasteiger partial charge in [0.25, 0.3) is 10.2 Å². The topological polar surface area (TPSA) is 72.2 Å². The molecule has 33 heavy (non-hydrogen) atoms. The van der Waals surface area contributed by atoms with Crippen LogP contribution in [0.5, 0.6) is 0 Å².